The van der Waals surface area contributed by atoms with E-state index in [1.807, 2.05) is 27.7 Å². The molecule has 2 aromatic heterocycles. The summed E-state index contributed by atoms with van der Waals surface area (Å²) in [6, 6.07) is 8.31. The zero-order valence-electron chi connectivity index (χ0n) is 14.6. The molecular formula is C16H22ClIN2O4. The van der Waals surface area contributed by atoms with Crippen molar-refractivity contribution in [3.8, 4) is 0 Å². The van der Waals surface area contributed by atoms with Gasteiger partial charge in [-0.3, -0.25) is 9.97 Å². The fraction of sp³-hybridized carbons (Fsp3) is 0.375. The van der Waals surface area contributed by atoms with Gasteiger partial charge >= 0.3 is 24.0 Å². The van der Waals surface area contributed by atoms with Gasteiger partial charge in [0.15, 0.2) is 0 Å². The Kier molecular flexibility index (Phi) is 12.3. The summed E-state index contributed by atoms with van der Waals surface area (Å²) in [5.74, 6) is 0. The summed E-state index contributed by atoms with van der Waals surface area (Å²) in [6.07, 6.45) is 0. The number of aryl methyl sites for hydroxylation is 6. The molecule has 0 aromatic carbocycles. The SMILES string of the molecule is Cc1cc(C)nc(C)c1.Cc1cc(C)nc(C)c1.[I+].[O-][Cl+3]([O-])([O-])[O-]. The lowest BCUT2D eigenvalue weighted by atomic mass is 10.2. The van der Waals surface area contributed by atoms with Gasteiger partial charge in [-0.15, -0.1) is 10.2 Å². The van der Waals surface area contributed by atoms with Crippen molar-refractivity contribution >= 4 is 0 Å². The molecule has 0 bridgehead atoms. The van der Waals surface area contributed by atoms with E-state index < -0.39 is 10.2 Å². The highest BCUT2D eigenvalue weighted by atomic mass is 127. The van der Waals surface area contributed by atoms with Gasteiger partial charge in [0, 0.05) is 22.8 Å². The maximum atomic E-state index is 8.49. The van der Waals surface area contributed by atoms with Gasteiger partial charge in [-0.1, -0.05) is 0 Å². The summed E-state index contributed by atoms with van der Waals surface area (Å²) in [7, 11) is -4.94. The van der Waals surface area contributed by atoms with Crippen molar-refractivity contribution in [3.63, 3.8) is 0 Å². The van der Waals surface area contributed by atoms with Crippen LogP contribution in [-0.2, 0) is 0 Å². The van der Waals surface area contributed by atoms with Gasteiger partial charge < -0.3 is 0 Å². The van der Waals surface area contributed by atoms with E-state index >= 15 is 0 Å². The van der Waals surface area contributed by atoms with E-state index in [1.54, 1.807) is 0 Å². The Morgan fingerprint density at radius 1 is 0.583 bits per heavy atom. The summed E-state index contributed by atoms with van der Waals surface area (Å²) >= 11 is 0. The van der Waals surface area contributed by atoms with Crippen molar-refractivity contribution in [1.82, 2.24) is 9.97 Å². The highest BCUT2D eigenvalue weighted by Crippen LogP contribution is 2.02. The summed E-state index contributed by atoms with van der Waals surface area (Å²) in [5, 5.41) is 0. The summed E-state index contributed by atoms with van der Waals surface area (Å²) < 4.78 is 34.0. The Morgan fingerprint density at radius 3 is 0.875 bits per heavy atom. The first kappa shape index (κ1) is 25.4. The van der Waals surface area contributed by atoms with Gasteiger partial charge in [0.25, 0.3) is 0 Å². The van der Waals surface area contributed by atoms with E-state index in [4.69, 9.17) is 18.6 Å². The zero-order valence-corrected chi connectivity index (χ0v) is 17.5. The first-order valence-corrected chi connectivity index (χ1v) is 8.06. The average molecular weight is 469 g/mol. The van der Waals surface area contributed by atoms with Gasteiger partial charge in [-0.25, -0.2) is 18.6 Å². The van der Waals surface area contributed by atoms with Crippen molar-refractivity contribution in [2.75, 3.05) is 0 Å². The maximum absolute atomic E-state index is 8.49. The van der Waals surface area contributed by atoms with Crippen LogP contribution in [0.25, 0.3) is 0 Å². The molecule has 24 heavy (non-hydrogen) atoms. The van der Waals surface area contributed by atoms with E-state index in [-0.39, 0.29) is 24.0 Å². The Hall–Kier alpha value is -0.840. The molecular weight excluding hydrogens is 447 g/mol. The largest absolute Gasteiger partial charge is 1.00 e. The van der Waals surface area contributed by atoms with E-state index in [9.17, 15) is 0 Å². The second-order valence-electron chi connectivity index (χ2n) is 5.23. The topological polar surface area (TPSA) is 118 Å². The summed E-state index contributed by atoms with van der Waals surface area (Å²) in [4.78, 5) is 8.47. The molecule has 0 aliphatic carbocycles. The highest BCUT2D eigenvalue weighted by molar-refractivity contribution is 5.18. The molecule has 134 valence electrons. The first-order chi connectivity index (χ1) is 10.4. The normalized spacial score (nSPS) is 9.75. The van der Waals surface area contributed by atoms with Crippen molar-refractivity contribution < 1.29 is 52.9 Å². The molecule has 0 amide bonds. The molecule has 2 rings (SSSR count). The van der Waals surface area contributed by atoms with Crippen LogP contribution >= 0.6 is 0 Å². The van der Waals surface area contributed by atoms with E-state index in [0.29, 0.717) is 0 Å². The van der Waals surface area contributed by atoms with E-state index in [1.165, 1.54) is 11.1 Å². The number of nitrogens with zero attached hydrogens (tertiary/aromatic N) is 2. The molecule has 0 N–H and O–H groups in total. The fourth-order valence-electron chi connectivity index (χ4n) is 2.09. The summed E-state index contributed by atoms with van der Waals surface area (Å²) in [6.45, 7) is 12.2. The third kappa shape index (κ3) is 16.0. The average Bonchev–Trinajstić information content (AvgIpc) is 2.22. The predicted octanol–water partition coefficient (Wildman–Crippen LogP) is -3.74. The van der Waals surface area contributed by atoms with Crippen LogP contribution in [0.2, 0.25) is 0 Å². The monoisotopic (exact) mass is 468 g/mol. The Morgan fingerprint density at radius 2 is 0.750 bits per heavy atom. The van der Waals surface area contributed by atoms with Crippen LogP contribution < -0.4 is 42.6 Å². The third-order valence-electron chi connectivity index (χ3n) is 2.45. The second kappa shape index (κ2) is 11.7. The molecule has 6 nitrogen and oxygen atoms in total. The number of hydrogen-bond acceptors (Lipinski definition) is 6. The molecule has 0 atom stereocenters. The molecule has 0 fully saturated rings. The molecule has 0 aliphatic rings. The third-order valence-corrected chi connectivity index (χ3v) is 2.45. The predicted molar refractivity (Wildman–Crippen MR) is 76.9 cm³/mol. The van der Waals surface area contributed by atoms with Crippen LogP contribution in [0.15, 0.2) is 24.3 Å². The zero-order chi connectivity index (χ0) is 18.2. The van der Waals surface area contributed by atoms with Crippen molar-refractivity contribution in [1.29, 1.82) is 0 Å². The van der Waals surface area contributed by atoms with Gasteiger partial charge in [-0.05, 0) is 76.9 Å². The molecule has 0 saturated carbocycles. The minimum atomic E-state index is -4.94. The molecule has 8 heteroatoms. The van der Waals surface area contributed by atoms with Crippen LogP contribution in [-0.4, -0.2) is 9.97 Å². The van der Waals surface area contributed by atoms with E-state index in [2.05, 4.69) is 48.1 Å². The fourth-order valence-corrected chi connectivity index (χ4v) is 2.09. The molecule has 2 aromatic rings. The van der Waals surface area contributed by atoms with Crippen LogP contribution in [0, 0.1) is 51.8 Å². The van der Waals surface area contributed by atoms with Crippen LogP contribution in [0.4, 0.5) is 0 Å². The van der Waals surface area contributed by atoms with Gasteiger partial charge in [0.2, 0.25) is 0 Å². The highest BCUT2D eigenvalue weighted by Gasteiger charge is 1.89. The number of hydrogen-bond donors (Lipinski definition) is 0. The lowest BCUT2D eigenvalue weighted by Crippen LogP contribution is -3.00. The minimum absolute atomic E-state index is 0. The molecule has 2 radical (unpaired) electrons. The van der Waals surface area contributed by atoms with Gasteiger partial charge in [0.1, 0.15) is 0 Å². The molecule has 0 saturated heterocycles. The maximum Gasteiger partial charge on any atom is 1.00 e. The number of pyridine rings is 2. The molecule has 0 spiro atoms. The number of aromatic nitrogens is 2. The van der Waals surface area contributed by atoms with Crippen molar-refractivity contribution in [3.05, 3.63) is 58.2 Å². The second-order valence-corrected chi connectivity index (χ2v) is 5.99. The summed E-state index contributed by atoms with van der Waals surface area (Å²) in [5.41, 5.74) is 7.00. The molecule has 2 heterocycles. The number of halogens is 2. The molecule has 0 aliphatic heterocycles. The van der Waals surface area contributed by atoms with Crippen molar-refractivity contribution in [2.45, 2.75) is 41.5 Å². The smallest absolute Gasteiger partial charge is 0.258 e. The Labute approximate surface area is 162 Å². The van der Waals surface area contributed by atoms with Crippen molar-refractivity contribution in [2.24, 2.45) is 0 Å². The Balaban J connectivity index is 0. The minimum Gasteiger partial charge on any atom is -0.258 e. The van der Waals surface area contributed by atoms with Crippen LogP contribution in [0.5, 0.6) is 0 Å². The molecule has 0 unspecified atom stereocenters. The van der Waals surface area contributed by atoms with Gasteiger partial charge in [-0.2, -0.15) is 0 Å². The Bertz CT molecular complexity index is 478. The van der Waals surface area contributed by atoms with Gasteiger partial charge in [0.05, 0.1) is 0 Å². The lowest BCUT2D eigenvalue weighted by molar-refractivity contribution is -2.00. The van der Waals surface area contributed by atoms with Crippen LogP contribution in [0.3, 0.4) is 0 Å². The van der Waals surface area contributed by atoms with Crippen LogP contribution in [0.1, 0.15) is 33.9 Å². The quantitative estimate of drug-likeness (QED) is 0.367. The number of rotatable bonds is 0. The standard InChI is InChI=1S/2C8H11N.ClHO4.I/c2*1-6-4-7(2)9-8(3)5-6;2-1(3,4)5;/h2*4-5H,1-3H3;(H,2,3,4,5);/q;;;+1/p-1. The van der Waals surface area contributed by atoms with E-state index in [0.717, 1.165) is 22.8 Å². The first-order valence-electron chi connectivity index (χ1n) is 6.82. The lowest BCUT2D eigenvalue weighted by Gasteiger charge is -2.17.